The Kier molecular flexibility index (Phi) is 22.4. The Morgan fingerprint density at radius 2 is 0.667 bits per heavy atom. The first kappa shape index (κ1) is 41.9. The zero-order valence-electron chi connectivity index (χ0n) is 30.5. The molecule has 1 aromatic carbocycles. The first-order valence-electron chi connectivity index (χ1n) is 18.3. The molecule has 0 spiro atoms. The lowest BCUT2D eigenvalue weighted by atomic mass is 9.97. The summed E-state index contributed by atoms with van der Waals surface area (Å²) in [6, 6.07) is 6.39. The first-order chi connectivity index (χ1) is 21.3. The molecule has 0 bridgehead atoms. The molecule has 0 saturated heterocycles. The van der Waals surface area contributed by atoms with Crippen molar-refractivity contribution in [3.8, 4) is 0 Å². The van der Waals surface area contributed by atoms with Gasteiger partial charge in [-0.1, -0.05) is 157 Å². The van der Waals surface area contributed by atoms with Crippen LogP contribution in [0.3, 0.4) is 0 Å². The molecule has 0 radical (unpaired) electrons. The van der Waals surface area contributed by atoms with Crippen LogP contribution in [0.2, 0.25) is 0 Å². The van der Waals surface area contributed by atoms with Gasteiger partial charge in [0.2, 0.25) is 0 Å². The van der Waals surface area contributed by atoms with Crippen molar-refractivity contribution in [2.24, 2.45) is 35.5 Å². The molecule has 3 N–H and O–H groups in total. The number of nitrogens with one attached hydrogen (secondary N) is 3. The van der Waals surface area contributed by atoms with Crippen molar-refractivity contribution in [3.05, 3.63) is 34.9 Å². The molecule has 0 heterocycles. The van der Waals surface area contributed by atoms with Crippen LogP contribution in [0.5, 0.6) is 0 Å². The average Bonchev–Trinajstić information content (AvgIpc) is 2.96. The maximum Gasteiger partial charge on any atom is 0.106 e. The van der Waals surface area contributed by atoms with Crippen LogP contribution in [0.1, 0.15) is 156 Å². The molecular weight excluding hydrogens is 607 g/mol. The molecule has 6 heteroatoms. The highest BCUT2D eigenvalue weighted by atomic mass is 32.1. The van der Waals surface area contributed by atoms with Gasteiger partial charge in [0.05, 0.1) is 0 Å². The summed E-state index contributed by atoms with van der Waals surface area (Å²) >= 11 is 17.7. The van der Waals surface area contributed by atoms with Crippen molar-refractivity contribution in [2.45, 2.75) is 139 Å². The lowest BCUT2D eigenvalue weighted by Crippen LogP contribution is -2.29. The maximum absolute atomic E-state index is 5.91. The number of benzene rings is 1. The Labute approximate surface area is 295 Å². The highest BCUT2D eigenvalue weighted by molar-refractivity contribution is 7.81. The number of rotatable bonds is 24. The molecule has 0 fully saturated rings. The van der Waals surface area contributed by atoms with Gasteiger partial charge in [-0.15, -0.1) is 0 Å². The molecule has 3 nitrogen and oxygen atoms in total. The van der Waals surface area contributed by atoms with Crippen LogP contribution in [0.15, 0.2) is 18.2 Å². The molecule has 3 atom stereocenters. The van der Waals surface area contributed by atoms with E-state index in [1.54, 1.807) is 0 Å². The lowest BCUT2D eigenvalue weighted by Gasteiger charge is -2.18. The molecule has 0 aliphatic carbocycles. The third kappa shape index (κ3) is 20.7. The van der Waals surface area contributed by atoms with Crippen LogP contribution >= 0.6 is 36.7 Å². The predicted molar refractivity (Wildman–Crippen MR) is 213 cm³/mol. The van der Waals surface area contributed by atoms with Gasteiger partial charge < -0.3 is 16.0 Å². The second-order valence-corrected chi connectivity index (χ2v) is 16.4. The third-order valence-corrected chi connectivity index (χ3v) is 10.1. The van der Waals surface area contributed by atoms with Crippen molar-refractivity contribution in [1.82, 2.24) is 16.0 Å². The Hall–Kier alpha value is -1.11. The van der Waals surface area contributed by atoms with Crippen molar-refractivity contribution in [2.75, 3.05) is 19.6 Å². The highest BCUT2D eigenvalue weighted by Gasteiger charge is 2.13. The fourth-order valence-electron chi connectivity index (χ4n) is 5.68. The molecule has 1 rings (SSSR count). The third-order valence-electron chi connectivity index (χ3n) is 8.92. The topological polar surface area (TPSA) is 36.1 Å². The monoisotopic (exact) mass is 675 g/mol. The minimum Gasteiger partial charge on any atom is -0.376 e. The highest BCUT2D eigenvalue weighted by Crippen LogP contribution is 2.18. The Morgan fingerprint density at radius 1 is 0.422 bits per heavy atom. The molecule has 0 aliphatic heterocycles. The van der Waals surface area contributed by atoms with Crippen LogP contribution in [0, 0.1) is 35.5 Å². The van der Waals surface area contributed by atoms with Gasteiger partial charge in [0.25, 0.3) is 0 Å². The van der Waals surface area contributed by atoms with Crippen molar-refractivity contribution in [1.29, 1.82) is 0 Å². The summed E-state index contributed by atoms with van der Waals surface area (Å²) in [6.07, 6.45) is 15.0. The first-order valence-corrected chi connectivity index (χ1v) is 19.5. The van der Waals surface area contributed by atoms with Crippen LogP contribution in [0.4, 0.5) is 0 Å². The minimum absolute atomic E-state index is 0.690. The summed E-state index contributed by atoms with van der Waals surface area (Å²) in [5.74, 6) is 4.41. The van der Waals surface area contributed by atoms with E-state index in [0.717, 1.165) is 88.3 Å². The average molecular weight is 676 g/mol. The zero-order chi connectivity index (χ0) is 33.8. The van der Waals surface area contributed by atoms with Gasteiger partial charge in [-0.3, -0.25) is 0 Å². The summed E-state index contributed by atoms with van der Waals surface area (Å²) in [6.45, 7) is 23.6. The summed E-state index contributed by atoms with van der Waals surface area (Å²) in [7, 11) is 0. The van der Waals surface area contributed by atoms with Crippen LogP contribution in [0.25, 0.3) is 0 Å². The van der Waals surface area contributed by atoms with Gasteiger partial charge in [0, 0.05) is 36.3 Å². The fourth-order valence-corrected chi connectivity index (χ4v) is 6.34. The van der Waals surface area contributed by atoms with E-state index in [-0.39, 0.29) is 0 Å². The zero-order valence-corrected chi connectivity index (χ0v) is 33.0. The second-order valence-electron chi connectivity index (χ2n) is 15.2. The van der Waals surface area contributed by atoms with E-state index >= 15 is 0 Å². The van der Waals surface area contributed by atoms with E-state index in [0.29, 0.717) is 17.8 Å². The molecule has 0 unspecified atom stereocenters. The molecule has 1 aromatic rings. The van der Waals surface area contributed by atoms with Gasteiger partial charge in [-0.2, -0.15) is 0 Å². The number of hydrogen-bond donors (Lipinski definition) is 3. The van der Waals surface area contributed by atoms with E-state index in [2.05, 4.69) is 96.5 Å². The summed E-state index contributed by atoms with van der Waals surface area (Å²) in [5, 5.41) is 10.6. The van der Waals surface area contributed by atoms with Gasteiger partial charge >= 0.3 is 0 Å². The van der Waals surface area contributed by atoms with E-state index < -0.39 is 0 Å². The van der Waals surface area contributed by atoms with Gasteiger partial charge in [0.1, 0.15) is 15.0 Å². The molecular formula is C39H69N3S3. The van der Waals surface area contributed by atoms with E-state index in [9.17, 15) is 0 Å². The van der Waals surface area contributed by atoms with Crippen molar-refractivity contribution < 1.29 is 0 Å². The molecule has 258 valence electrons. The van der Waals surface area contributed by atoms with E-state index in [1.807, 2.05) is 0 Å². The summed E-state index contributed by atoms with van der Waals surface area (Å²) in [4.78, 5) is 2.32. The Balaban J connectivity index is 2.85. The van der Waals surface area contributed by atoms with Crippen LogP contribution in [-0.4, -0.2) is 34.6 Å². The predicted octanol–water partition coefficient (Wildman–Crippen LogP) is 11.0. The van der Waals surface area contributed by atoms with Crippen molar-refractivity contribution in [3.63, 3.8) is 0 Å². The largest absolute Gasteiger partial charge is 0.376 e. The molecule has 0 saturated carbocycles. The standard InChI is InChI=1S/C39H69N3S3/c1-28(2)13-10-16-31(7)19-22-40-37(43)34-25-35(38(44)41-23-20-32(8)17-11-14-29(3)4)27-36(26-34)39(45)42-24-21-33(9)18-12-15-30(5)6/h25-33H,10-24H2,1-9H3,(H,40,43)(H,41,44)(H,42,45)/t31-,32-,33-/m0/s1. The molecule has 45 heavy (non-hydrogen) atoms. The molecule has 0 amide bonds. The summed E-state index contributed by atoms with van der Waals surface area (Å²) < 4.78 is 0. The summed E-state index contributed by atoms with van der Waals surface area (Å²) in [5.41, 5.74) is 2.96. The molecule has 0 aliphatic rings. The Morgan fingerprint density at radius 3 is 0.889 bits per heavy atom. The van der Waals surface area contributed by atoms with E-state index in [1.165, 1.54) is 57.8 Å². The minimum atomic E-state index is 0.690. The van der Waals surface area contributed by atoms with Crippen LogP contribution in [-0.2, 0) is 0 Å². The number of hydrogen-bond acceptors (Lipinski definition) is 3. The normalized spacial score (nSPS) is 13.6. The van der Waals surface area contributed by atoms with Gasteiger partial charge in [-0.25, -0.2) is 0 Å². The lowest BCUT2D eigenvalue weighted by molar-refractivity contribution is 0.436. The fraction of sp³-hybridized carbons (Fsp3) is 0.769. The maximum atomic E-state index is 5.91. The molecule has 0 aromatic heterocycles. The Bertz CT molecular complexity index is 852. The van der Waals surface area contributed by atoms with Crippen molar-refractivity contribution >= 4 is 51.6 Å². The second kappa shape index (κ2) is 24.1. The number of thiocarbonyl (C=S) groups is 3. The van der Waals surface area contributed by atoms with Gasteiger partial charge in [0.15, 0.2) is 0 Å². The quantitative estimate of drug-likeness (QED) is 0.0947. The van der Waals surface area contributed by atoms with Gasteiger partial charge in [-0.05, 0) is 73.0 Å². The SMILES string of the molecule is CC(C)CCC[C@H](C)CCNC(=S)c1cc(C(=S)NCC[C@@H](C)CCCC(C)C)cc(C(=S)NCC[C@@H](C)CCCC(C)C)c1. The van der Waals surface area contributed by atoms with E-state index in [4.69, 9.17) is 36.7 Å². The smallest absolute Gasteiger partial charge is 0.106 e. The van der Waals surface area contributed by atoms with Crippen LogP contribution < -0.4 is 16.0 Å².